The molecule has 126 valence electrons. The fraction of sp³-hybridized carbons (Fsp3) is 0.333. The van der Waals surface area contributed by atoms with Gasteiger partial charge in [0.2, 0.25) is 5.91 Å². The lowest BCUT2D eigenvalue weighted by atomic mass is 10.1. The topological polar surface area (TPSA) is 53.8 Å². The number of carbonyl (C=O) groups is 2. The molecule has 0 bridgehead atoms. The summed E-state index contributed by atoms with van der Waals surface area (Å²) >= 11 is 1.60. The molecule has 1 atom stereocenters. The van der Waals surface area contributed by atoms with Gasteiger partial charge in [-0.15, -0.1) is 11.8 Å². The molecule has 0 aliphatic carbocycles. The molecule has 24 heavy (non-hydrogen) atoms. The molecule has 3 rings (SSSR count). The Labute approximate surface area is 145 Å². The van der Waals surface area contributed by atoms with Crippen molar-refractivity contribution in [3.8, 4) is 0 Å². The van der Waals surface area contributed by atoms with Gasteiger partial charge in [-0.2, -0.15) is 0 Å². The predicted octanol–water partition coefficient (Wildman–Crippen LogP) is 2.76. The second kappa shape index (κ2) is 7.13. The third-order valence-corrected chi connectivity index (χ3v) is 5.03. The molecule has 1 fully saturated rings. The normalized spacial score (nSPS) is 17.1. The molecular formula is C18H20N2O3S. The number of carbonyl (C=O) groups excluding carboxylic acids is 2. The number of hydrogen-bond acceptors (Lipinski definition) is 4. The second-order valence-electron chi connectivity index (χ2n) is 5.86. The molecule has 0 N–H and O–H groups in total. The minimum atomic E-state index is -0.427. The van der Waals surface area contributed by atoms with Crippen LogP contribution in [0.2, 0.25) is 0 Å². The number of nitrogens with zero attached hydrogens (tertiary/aromatic N) is 2. The number of likely N-dealkylation sites (N-methyl/N-ethyl adjacent to an activating group) is 1. The van der Waals surface area contributed by atoms with Gasteiger partial charge in [-0.1, -0.05) is 18.2 Å². The van der Waals surface area contributed by atoms with E-state index in [2.05, 4.69) is 0 Å². The van der Waals surface area contributed by atoms with Gasteiger partial charge in [0.15, 0.2) is 0 Å². The fourth-order valence-electron chi connectivity index (χ4n) is 2.73. The third kappa shape index (κ3) is 3.48. The van der Waals surface area contributed by atoms with E-state index in [1.54, 1.807) is 40.7 Å². The Kier molecular flexibility index (Phi) is 4.94. The van der Waals surface area contributed by atoms with Gasteiger partial charge in [0.1, 0.15) is 17.6 Å². The molecule has 6 heteroatoms. The van der Waals surface area contributed by atoms with Crippen LogP contribution in [0.25, 0.3) is 0 Å². The van der Waals surface area contributed by atoms with Crippen molar-refractivity contribution >= 4 is 23.6 Å². The van der Waals surface area contributed by atoms with Gasteiger partial charge in [-0.3, -0.25) is 9.59 Å². The average Bonchev–Trinajstić information content (AvgIpc) is 3.23. The molecule has 5 nitrogen and oxygen atoms in total. The molecule has 1 aliphatic rings. The average molecular weight is 344 g/mol. The van der Waals surface area contributed by atoms with Crippen LogP contribution in [-0.2, 0) is 11.3 Å². The van der Waals surface area contributed by atoms with Crippen LogP contribution in [0.4, 0.5) is 0 Å². The van der Waals surface area contributed by atoms with E-state index in [1.807, 2.05) is 37.3 Å². The van der Waals surface area contributed by atoms with E-state index in [4.69, 9.17) is 4.42 Å². The molecule has 1 aromatic heterocycles. The van der Waals surface area contributed by atoms with Crippen LogP contribution in [-0.4, -0.2) is 46.3 Å². The van der Waals surface area contributed by atoms with Crippen LogP contribution in [0.5, 0.6) is 0 Å². The van der Waals surface area contributed by atoms with Gasteiger partial charge in [0.25, 0.3) is 5.91 Å². The molecule has 2 aromatic rings. The predicted molar refractivity (Wildman–Crippen MR) is 93.6 cm³/mol. The van der Waals surface area contributed by atoms with Gasteiger partial charge in [0, 0.05) is 18.4 Å². The van der Waals surface area contributed by atoms with E-state index in [-0.39, 0.29) is 11.8 Å². The first-order valence-electron chi connectivity index (χ1n) is 7.80. The quantitative estimate of drug-likeness (QED) is 0.856. The van der Waals surface area contributed by atoms with Crippen molar-refractivity contribution in [1.82, 2.24) is 9.80 Å². The molecule has 0 saturated carbocycles. The van der Waals surface area contributed by atoms with E-state index in [1.165, 1.54) is 0 Å². The molecule has 1 aliphatic heterocycles. The number of benzene rings is 1. The van der Waals surface area contributed by atoms with Gasteiger partial charge < -0.3 is 14.2 Å². The number of furan rings is 1. The molecule has 0 radical (unpaired) electrons. The van der Waals surface area contributed by atoms with Crippen LogP contribution in [0.3, 0.4) is 0 Å². The summed E-state index contributed by atoms with van der Waals surface area (Å²) in [5.41, 5.74) is 0.613. The molecule has 1 saturated heterocycles. The van der Waals surface area contributed by atoms with E-state index < -0.39 is 6.04 Å². The Morgan fingerprint density at radius 1 is 1.25 bits per heavy atom. The second-order valence-corrected chi connectivity index (χ2v) is 6.86. The van der Waals surface area contributed by atoms with Crippen molar-refractivity contribution in [2.45, 2.75) is 19.5 Å². The van der Waals surface area contributed by atoms with Gasteiger partial charge >= 0.3 is 0 Å². The van der Waals surface area contributed by atoms with E-state index >= 15 is 0 Å². The Balaban J connectivity index is 1.70. The summed E-state index contributed by atoms with van der Waals surface area (Å²) < 4.78 is 5.53. The van der Waals surface area contributed by atoms with Gasteiger partial charge in [-0.05, 0) is 31.2 Å². The first-order valence-corrected chi connectivity index (χ1v) is 8.96. The first-order chi connectivity index (χ1) is 11.6. The minimum Gasteiger partial charge on any atom is -0.464 e. The Morgan fingerprint density at radius 3 is 2.67 bits per heavy atom. The highest BCUT2D eigenvalue weighted by Crippen LogP contribution is 2.25. The standard InChI is InChI=1S/C18H20N2O3S/c1-13-8-9-15(23-13)10-19(2)18(22)16-11-24-12-20(16)17(21)14-6-4-3-5-7-14/h3-9,16H,10-12H2,1-2H3/t16-/m1/s1. The van der Waals surface area contributed by atoms with Crippen molar-refractivity contribution in [3.05, 3.63) is 59.5 Å². The minimum absolute atomic E-state index is 0.0571. The summed E-state index contributed by atoms with van der Waals surface area (Å²) in [5.74, 6) is 2.58. The maximum Gasteiger partial charge on any atom is 0.255 e. The highest BCUT2D eigenvalue weighted by Gasteiger charge is 2.36. The molecular weight excluding hydrogens is 324 g/mol. The molecule has 0 unspecified atom stereocenters. The van der Waals surface area contributed by atoms with Crippen LogP contribution in [0, 0.1) is 6.92 Å². The number of hydrogen-bond donors (Lipinski definition) is 0. The smallest absolute Gasteiger partial charge is 0.255 e. The summed E-state index contributed by atoms with van der Waals surface area (Å²) in [7, 11) is 1.74. The SMILES string of the molecule is Cc1ccc(CN(C)C(=O)[C@H]2CSCN2C(=O)c2ccccc2)o1. The lowest BCUT2D eigenvalue weighted by Crippen LogP contribution is -2.47. The van der Waals surface area contributed by atoms with Crippen LogP contribution in [0.1, 0.15) is 21.9 Å². The van der Waals surface area contributed by atoms with Crippen molar-refractivity contribution in [2.75, 3.05) is 18.7 Å². The number of aryl methyl sites for hydroxylation is 1. The van der Waals surface area contributed by atoms with Crippen LogP contribution < -0.4 is 0 Å². The zero-order valence-electron chi connectivity index (χ0n) is 13.8. The zero-order chi connectivity index (χ0) is 17.1. The highest BCUT2D eigenvalue weighted by molar-refractivity contribution is 7.99. The monoisotopic (exact) mass is 344 g/mol. The molecule has 1 aromatic carbocycles. The van der Waals surface area contributed by atoms with E-state index in [9.17, 15) is 9.59 Å². The summed E-state index contributed by atoms with van der Waals surface area (Å²) in [5, 5.41) is 0. The van der Waals surface area contributed by atoms with Gasteiger partial charge in [-0.25, -0.2) is 0 Å². The molecule has 2 amide bonds. The van der Waals surface area contributed by atoms with Crippen molar-refractivity contribution in [1.29, 1.82) is 0 Å². The van der Waals surface area contributed by atoms with E-state index in [0.29, 0.717) is 23.7 Å². The van der Waals surface area contributed by atoms with Gasteiger partial charge in [0.05, 0.1) is 12.4 Å². The Morgan fingerprint density at radius 2 is 2.00 bits per heavy atom. The highest BCUT2D eigenvalue weighted by atomic mass is 32.2. The Hall–Kier alpha value is -2.21. The molecule has 0 spiro atoms. The zero-order valence-corrected chi connectivity index (χ0v) is 14.6. The number of thioether (sulfide) groups is 1. The van der Waals surface area contributed by atoms with Crippen LogP contribution >= 0.6 is 11.8 Å². The fourth-order valence-corrected chi connectivity index (χ4v) is 3.88. The van der Waals surface area contributed by atoms with Crippen LogP contribution in [0.15, 0.2) is 46.9 Å². The summed E-state index contributed by atoms with van der Waals surface area (Å²) in [6.45, 7) is 2.28. The first kappa shape index (κ1) is 16.6. The number of rotatable bonds is 4. The number of amides is 2. The lowest BCUT2D eigenvalue weighted by molar-refractivity contribution is -0.134. The summed E-state index contributed by atoms with van der Waals surface area (Å²) in [4.78, 5) is 28.7. The van der Waals surface area contributed by atoms with Crippen molar-refractivity contribution in [2.24, 2.45) is 0 Å². The third-order valence-electron chi connectivity index (χ3n) is 4.01. The van der Waals surface area contributed by atoms with Crippen molar-refractivity contribution < 1.29 is 14.0 Å². The van der Waals surface area contributed by atoms with E-state index in [0.717, 1.165) is 11.5 Å². The lowest BCUT2D eigenvalue weighted by Gasteiger charge is -2.27. The van der Waals surface area contributed by atoms with Crippen molar-refractivity contribution in [3.63, 3.8) is 0 Å². The maximum atomic E-state index is 12.8. The molecule has 2 heterocycles. The maximum absolute atomic E-state index is 12.8. The Bertz CT molecular complexity index is 729. The summed E-state index contributed by atoms with van der Waals surface area (Å²) in [6, 6.07) is 12.4. The summed E-state index contributed by atoms with van der Waals surface area (Å²) in [6.07, 6.45) is 0. The largest absolute Gasteiger partial charge is 0.464 e.